The van der Waals surface area contributed by atoms with Crippen LogP contribution in [0.3, 0.4) is 0 Å². The molecular formula is C20H40O5. The second kappa shape index (κ2) is 16.4. The molecule has 0 amide bonds. The molecule has 0 aromatic rings. The van der Waals surface area contributed by atoms with Crippen LogP contribution in [0.15, 0.2) is 0 Å². The monoisotopic (exact) mass is 360 g/mol. The zero-order valence-corrected chi connectivity index (χ0v) is 17.0. The van der Waals surface area contributed by atoms with Gasteiger partial charge in [0, 0.05) is 19.6 Å². The lowest BCUT2D eigenvalue weighted by Gasteiger charge is -2.35. The minimum absolute atomic E-state index is 0.0491. The fraction of sp³-hybridized carbons (Fsp3) is 0.900. The highest BCUT2D eigenvalue weighted by Gasteiger charge is 2.41. The number of rotatable bonds is 14. The van der Waals surface area contributed by atoms with Crippen LogP contribution in [0.1, 0.15) is 92.4 Å². The van der Waals surface area contributed by atoms with Gasteiger partial charge in [0.2, 0.25) is 0 Å². The molecule has 0 spiro atoms. The van der Waals surface area contributed by atoms with Crippen LogP contribution in [0.4, 0.5) is 0 Å². The van der Waals surface area contributed by atoms with Crippen LogP contribution >= 0.6 is 0 Å². The maximum absolute atomic E-state index is 11.4. The van der Waals surface area contributed by atoms with Gasteiger partial charge in [-0.15, -0.1) is 0 Å². The molecule has 0 aromatic heterocycles. The molecule has 5 heteroatoms. The van der Waals surface area contributed by atoms with Crippen molar-refractivity contribution in [3.63, 3.8) is 0 Å². The van der Waals surface area contributed by atoms with Crippen molar-refractivity contribution in [1.82, 2.24) is 0 Å². The quantitative estimate of drug-likeness (QED) is 0.407. The number of unbranched alkanes of at least 4 members (excludes halogenated alkanes) is 2. The molecule has 0 rings (SSSR count). The maximum Gasteiger partial charge on any atom is 0.309 e. The van der Waals surface area contributed by atoms with E-state index in [9.17, 15) is 14.7 Å². The van der Waals surface area contributed by atoms with Crippen LogP contribution in [-0.4, -0.2) is 35.4 Å². The highest BCUT2D eigenvalue weighted by Crippen LogP contribution is 2.40. The summed E-state index contributed by atoms with van der Waals surface area (Å²) in [6, 6.07) is 0. The number of carboxylic acids is 2. The Morgan fingerprint density at radius 3 is 1.68 bits per heavy atom. The average Bonchev–Trinajstić information content (AvgIpc) is 2.59. The standard InChI is InChI=1S/C12H22O4.C8H18O/c1-4-9(7-8-10(13)14)12(5-2,6-3)11(15)16;1-3-5-7-9-8-6-4-2/h9H,4-8H2,1-3H3,(H,13,14)(H,15,16);3-8H2,1-2H3. The smallest absolute Gasteiger partial charge is 0.309 e. The van der Waals surface area contributed by atoms with Crippen molar-refractivity contribution >= 4 is 11.9 Å². The molecule has 0 aromatic carbocycles. The van der Waals surface area contributed by atoms with Crippen molar-refractivity contribution < 1.29 is 24.5 Å². The summed E-state index contributed by atoms with van der Waals surface area (Å²) < 4.78 is 5.31. The van der Waals surface area contributed by atoms with Gasteiger partial charge in [0.05, 0.1) is 5.41 Å². The first kappa shape index (κ1) is 26.1. The van der Waals surface area contributed by atoms with Crippen molar-refractivity contribution in [1.29, 1.82) is 0 Å². The molecule has 1 atom stereocenters. The third kappa shape index (κ3) is 11.2. The van der Waals surface area contributed by atoms with Crippen molar-refractivity contribution in [3.05, 3.63) is 0 Å². The third-order valence-corrected chi connectivity index (χ3v) is 4.95. The molecule has 0 fully saturated rings. The van der Waals surface area contributed by atoms with Crippen molar-refractivity contribution in [2.45, 2.75) is 92.4 Å². The lowest BCUT2D eigenvalue weighted by atomic mass is 9.68. The van der Waals surface area contributed by atoms with E-state index in [0.29, 0.717) is 25.7 Å². The van der Waals surface area contributed by atoms with Crippen LogP contribution in [0, 0.1) is 11.3 Å². The molecule has 0 heterocycles. The van der Waals surface area contributed by atoms with E-state index >= 15 is 0 Å². The van der Waals surface area contributed by atoms with Gasteiger partial charge in [0.25, 0.3) is 0 Å². The second-order valence-electron chi connectivity index (χ2n) is 6.53. The molecule has 5 nitrogen and oxygen atoms in total. The summed E-state index contributed by atoms with van der Waals surface area (Å²) in [4.78, 5) is 21.9. The maximum atomic E-state index is 11.4. The number of hydrogen-bond donors (Lipinski definition) is 2. The Bertz CT molecular complexity index is 331. The molecule has 25 heavy (non-hydrogen) atoms. The summed E-state index contributed by atoms with van der Waals surface area (Å²) in [5, 5.41) is 18.0. The number of carbonyl (C=O) groups is 2. The van der Waals surface area contributed by atoms with E-state index in [0.717, 1.165) is 13.2 Å². The van der Waals surface area contributed by atoms with Crippen LogP contribution < -0.4 is 0 Å². The zero-order chi connectivity index (χ0) is 19.7. The van der Waals surface area contributed by atoms with Crippen LogP contribution in [0.5, 0.6) is 0 Å². The molecule has 0 radical (unpaired) electrons. The number of hydrogen-bond acceptors (Lipinski definition) is 3. The van der Waals surface area contributed by atoms with E-state index in [1.165, 1.54) is 25.7 Å². The normalized spacial score (nSPS) is 12.2. The van der Waals surface area contributed by atoms with Crippen molar-refractivity contribution in [2.75, 3.05) is 13.2 Å². The lowest BCUT2D eigenvalue weighted by molar-refractivity contribution is -0.154. The van der Waals surface area contributed by atoms with E-state index in [4.69, 9.17) is 9.84 Å². The van der Waals surface area contributed by atoms with Gasteiger partial charge in [-0.2, -0.15) is 0 Å². The lowest BCUT2D eigenvalue weighted by Crippen LogP contribution is -2.37. The van der Waals surface area contributed by atoms with Gasteiger partial charge in [0.15, 0.2) is 0 Å². The molecule has 2 N–H and O–H groups in total. The topological polar surface area (TPSA) is 83.8 Å². The zero-order valence-electron chi connectivity index (χ0n) is 17.0. The van der Waals surface area contributed by atoms with Gasteiger partial charge in [0.1, 0.15) is 0 Å². The average molecular weight is 361 g/mol. The number of aliphatic carboxylic acids is 2. The van der Waals surface area contributed by atoms with Crippen LogP contribution in [0.25, 0.3) is 0 Å². The van der Waals surface area contributed by atoms with Crippen molar-refractivity contribution in [2.24, 2.45) is 11.3 Å². The van der Waals surface area contributed by atoms with E-state index < -0.39 is 17.4 Å². The summed E-state index contributed by atoms with van der Waals surface area (Å²) in [6.07, 6.45) is 7.22. The van der Waals surface area contributed by atoms with E-state index in [2.05, 4.69) is 13.8 Å². The summed E-state index contributed by atoms with van der Waals surface area (Å²) in [7, 11) is 0. The minimum atomic E-state index is -0.857. The minimum Gasteiger partial charge on any atom is -0.481 e. The number of ether oxygens (including phenoxy) is 1. The summed E-state index contributed by atoms with van der Waals surface area (Å²) >= 11 is 0. The highest BCUT2D eigenvalue weighted by molar-refractivity contribution is 5.75. The SMILES string of the molecule is CCC(CCC(=O)O)C(CC)(CC)C(=O)O.CCCCOCCCC. The Morgan fingerprint density at radius 1 is 0.920 bits per heavy atom. The predicted molar refractivity (Wildman–Crippen MR) is 102 cm³/mol. The van der Waals surface area contributed by atoms with Gasteiger partial charge in [-0.05, 0) is 38.0 Å². The van der Waals surface area contributed by atoms with Crippen LogP contribution in [-0.2, 0) is 14.3 Å². The Kier molecular flexibility index (Phi) is 17.1. The molecule has 0 bridgehead atoms. The van der Waals surface area contributed by atoms with E-state index in [1.807, 2.05) is 20.8 Å². The number of carboxylic acid groups (broad SMARTS) is 2. The fourth-order valence-corrected chi connectivity index (χ4v) is 3.07. The second-order valence-corrected chi connectivity index (χ2v) is 6.53. The Hall–Kier alpha value is -1.10. The molecule has 0 aliphatic heterocycles. The first-order chi connectivity index (χ1) is 11.9. The Balaban J connectivity index is 0. The van der Waals surface area contributed by atoms with Crippen LogP contribution in [0.2, 0.25) is 0 Å². The van der Waals surface area contributed by atoms with E-state index in [1.54, 1.807) is 0 Å². The van der Waals surface area contributed by atoms with E-state index in [-0.39, 0.29) is 12.3 Å². The first-order valence-electron chi connectivity index (χ1n) is 9.88. The molecular weight excluding hydrogens is 320 g/mol. The highest BCUT2D eigenvalue weighted by atomic mass is 16.5. The molecule has 0 saturated heterocycles. The van der Waals surface area contributed by atoms with Gasteiger partial charge in [-0.3, -0.25) is 9.59 Å². The molecule has 0 saturated carbocycles. The largest absolute Gasteiger partial charge is 0.481 e. The third-order valence-electron chi connectivity index (χ3n) is 4.95. The summed E-state index contributed by atoms with van der Waals surface area (Å²) in [5.74, 6) is -1.71. The Labute approximate surface area is 154 Å². The first-order valence-corrected chi connectivity index (χ1v) is 9.88. The summed E-state index contributed by atoms with van der Waals surface area (Å²) in [6.45, 7) is 11.9. The Morgan fingerprint density at radius 2 is 1.40 bits per heavy atom. The van der Waals surface area contributed by atoms with Gasteiger partial charge >= 0.3 is 11.9 Å². The van der Waals surface area contributed by atoms with Crippen molar-refractivity contribution in [3.8, 4) is 0 Å². The molecule has 150 valence electrons. The molecule has 0 aliphatic rings. The van der Waals surface area contributed by atoms with Gasteiger partial charge in [-0.1, -0.05) is 53.9 Å². The molecule has 1 unspecified atom stereocenters. The van der Waals surface area contributed by atoms with Gasteiger partial charge < -0.3 is 14.9 Å². The fourth-order valence-electron chi connectivity index (χ4n) is 3.07. The van der Waals surface area contributed by atoms with Gasteiger partial charge in [-0.25, -0.2) is 0 Å². The predicted octanol–water partition coefficient (Wildman–Crippen LogP) is 5.37. The molecule has 0 aliphatic carbocycles. The summed E-state index contributed by atoms with van der Waals surface area (Å²) in [5.41, 5.74) is -0.760.